The van der Waals surface area contributed by atoms with Crippen LogP contribution in [-0.2, 0) is 10.0 Å². The molecule has 0 aliphatic heterocycles. The first kappa shape index (κ1) is 14.4. The van der Waals surface area contributed by atoms with E-state index in [0.29, 0.717) is 12.5 Å². The Labute approximate surface area is 110 Å². The van der Waals surface area contributed by atoms with Gasteiger partial charge in [0.2, 0.25) is 10.0 Å². The van der Waals surface area contributed by atoms with Gasteiger partial charge >= 0.3 is 0 Å². The molecule has 4 nitrogen and oxygen atoms in total. The summed E-state index contributed by atoms with van der Waals surface area (Å²) in [6, 6.07) is 2.30. The van der Waals surface area contributed by atoms with E-state index in [1.165, 1.54) is 0 Å². The van der Waals surface area contributed by atoms with Crippen LogP contribution in [0.2, 0.25) is 0 Å². The van der Waals surface area contributed by atoms with Crippen molar-refractivity contribution in [1.82, 2.24) is 4.72 Å². The van der Waals surface area contributed by atoms with Gasteiger partial charge in [0.25, 0.3) is 0 Å². The number of rotatable bonds is 6. The molecule has 0 heterocycles. The maximum Gasteiger partial charge on any atom is 0.243 e. The van der Waals surface area contributed by atoms with Gasteiger partial charge in [-0.15, -0.1) is 0 Å². The van der Waals surface area contributed by atoms with Crippen LogP contribution in [-0.4, -0.2) is 26.7 Å². The van der Waals surface area contributed by atoms with E-state index in [2.05, 4.69) is 4.72 Å². The normalized spacial score (nSPS) is 17.4. The summed E-state index contributed by atoms with van der Waals surface area (Å²) >= 11 is 0. The van der Waals surface area contributed by atoms with Crippen molar-refractivity contribution >= 4 is 10.0 Å². The van der Waals surface area contributed by atoms with Crippen LogP contribution in [0.1, 0.15) is 19.3 Å². The standard InChI is InChI=1S/C12H15F2NO3S/c13-9-1-2-10(14)11(7-9)19(17,18)15-8-12(3-4-12)5-6-16/h1-2,7,15-16H,3-6,8H2. The highest BCUT2D eigenvalue weighted by Gasteiger charge is 2.42. The molecule has 0 aromatic heterocycles. The number of hydrogen-bond acceptors (Lipinski definition) is 3. The van der Waals surface area contributed by atoms with E-state index < -0.39 is 26.6 Å². The molecule has 1 aliphatic rings. The molecule has 0 atom stereocenters. The third-order valence-corrected chi connectivity index (χ3v) is 4.84. The highest BCUT2D eigenvalue weighted by Crippen LogP contribution is 2.48. The van der Waals surface area contributed by atoms with Crippen LogP contribution in [0, 0.1) is 17.0 Å². The van der Waals surface area contributed by atoms with Crippen molar-refractivity contribution in [2.75, 3.05) is 13.2 Å². The van der Waals surface area contributed by atoms with Gasteiger partial charge in [0.1, 0.15) is 16.5 Å². The predicted molar refractivity (Wildman–Crippen MR) is 64.9 cm³/mol. The van der Waals surface area contributed by atoms with Crippen molar-refractivity contribution in [2.45, 2.75) is 24.2 Å². The lowest BCUT2D eigenvalue weighted by atomic mass is 10.0. The van der Waals surface area contributed by atoms with Crippen LogP contribution < -0.4 is 4.72 Å². The minimum Gasteiger partial charge on any atom is -0.396 e. The van der Waals surface area contributed by atoms with Crippen LogP contribution in [0.5, 0.6) is 0 Å². The van der Waals surface area contributed by atoms with Gasteiger partial charge < -0.3 is 5.11 Å². The highest BCUT2D eigenvalue weighted by molar-refractivity contribution is 7.89. The lowest BCUT2D eigenvalue weighted by Crippen LogP contribution is -2.31. The Morgan fingerprint density at radius 3 is 2.58 bits per heavy atom. The molecule has 7 heteroatoms. The SMILES string of the molecule is O=S(=O)(NCC1(CCO)CC1)c1cc(F)ccc1F. The third kappa shape index (κ3) is 3.29. The largest absolute Gasteiger partial charge is 0.396 e. The Hall–Kier alpha value is -1.05. The molecule has 1 aromatic carbocycles. The Morgan fingerprint density at radius 2 is 2.00 bits per heavy atom. The lowest BCUT2D eigenvalue weighted by Gasteiger charge is -2.15. The fourth-order valence-electron chi connectivity index (χ4n) is 1.94. The summed E-state index contributed by atoms with van der Waals surface area (Å²) in [6.45, 7) is 0.113. The Balaban J connectivity index is 2.12. The fraction of sp³-hybridized carbons (Fsp3) is 0.500. The molecule has 1 fully saturated rings. The molecule has 0 bridgehead atoms. The zero-order valence-corrected chi connectivity index (χ0v) is 11.0. The summed E-state index contributed by atoms with van der Waals surface area (Å²) in [5.41, 5.74) is -0.231. The Bertz CT molecular complexity index is 570. The van der Waals surface area contributed by atoms with Gasteiger partial charge in [0, 0.05) is 13.2 Å². The average Bonchev–Trinajstić information content (AvgIpc) is 3.11. The van der Waals surface area contributed by atoms with E-state index in [-0.39, 0.29) is 18.6 Å². The van der Waals surface area contributed by atoms with E-state index in [0.717, 1.165) is 25.0 Å². The second kappa shape index (κ2) is 5.15. The molecular formula is C12H15F2NO3S. The van der Waals surface area contributed by atoms with Gasteiger partial charge in [0.15, 0.2) is 0 Å². The first-order valence-corrected chi connectivity index (χ1v) is 7.42. The van der Waals surface area contributed by atoms with Crippen molar-refractivity contribution in [3.8, 4) is 0 Å². The highest BCUT2D eigenvalue weighted by atomic mass is 32.2. The molecule has 0 radical (unpaired) electrons. The van der Waals surface area contributed by atoms with Crippen LogP contribution in [0.15, 0.2) is 23.1 Å². The zero-order chi connectivity index (χ0) is 14.1. The van der Waals surface area contributed by atoms with E-state index in [9.17, 15) is 17.2 Å². The van der Waals surface area contributed by atoms with Crippen molar-refractivity contribution in [3.05, 3.63) is 29.8 Å². The van der Waals surface area contributed by atoms with Gasteiger partial charge in [-0.25, -0.2) is 21.9 Å². The van der Waals surface area contributed by atoms with Crippen LogP contribution in [0.4, 0.5) is 8.78 Å². The zero-order valence-electron chi connectivity index (χ0n) is 10.2. The number of sulfonamides is 1. The number of benzene rings is 1. The molecule has 106 valence electrons. The second-order valence-electron chi connectivity index (χ2n) is 4.87. The summed E-state index contributed by atoms with van der Waals surface area (Å²) in [4.78, 5) is -0.688. The Kier molecular flexibility index (Phi) is 3.89. The molecule has 2 rings (SSSR count). The molecular weight excluding hydrogens is 276 g/mol. The Morgan fingerprint density at radius 1 is 1.32 bits per heavy atom. The van der Waals surface area contributed by atoms with Crippen LogP contribution >= 0.6 is 0 Å². The van der Waals surface area contributed by atoms with Gasteiger partial charge in [-0.05, 0) is 42.9 Å². The quantitative estimate of drug-likeness (QED) is 0.832. The van der Waals surface area contributed by atoms with Crippen LogP contribution in [0.25, 0.3) is 0 Å². The summed E-state index contributed by atoms with van der Waals surface area (Å²) in [6.07, 6.45) is 2.14. The summed E-state index contributed by atoms with van der Waals surface area (Å²) in [5, 5.41) is 8.88. The van der Waals surface area contributed by atoms with Gasteiger partial charge in [0.05, 0.1) is 0 Å². The molecule has 1 aliphatic carbocycles. The predicted octanol–water partition coefficient (Wildman–Crippen LogP) is 1.41. The maximum absolute atomic E-state index is 13.4. The van der Waals surface area contributed by atoms with Crippen molar-refractivity contribution in [3.63, 3.8) is 0 Å². The summed E-state index contributed by atoms with van der Waals surface area (Å²) in [5.74, 6) is -1.79. The topological polar surface area (TPSA) is 66.4 Å². The molecule has 0 amide bonds. The minimum absolute atomic E-state index is 0.0178. The van der Waals surface area contributed by atoms with E-state index in [1.807, 2.05) is 0 Å². The van der Waals surface area contributed by atoms with Crippen molar-refractivity contribution in [2.24, 2.45) is 5.41 Å². The number of nitrogens with one attached hydrogen (secondary N) is 1. The summed E-state index contributed by atoms with van der Waals surface area (Å²) < 4.78 is 52.5. The number of hydrogen-bond donors (Lipinski definition) is 2. The van der Waals surface area contributed by atoms with Gasteiger partial charge in [-0.1, -0.05) is 0 Å². The molecule has 1 aromatic rings. The molecule has 0 spiro atoms. The maximum atomic E-state index is 13.4. The number of halogens is 2. The first-order valence-electron chi connectivity index (χ1n) is 5.94. The molecule has 2 N–H and O–H groups in total. The monoisotopic (exact) mass is 291 g/mol. The molecule has 0 unspecified atom stereocenters. The smallest absolute Gasteiger partial charge is 0.243 e. The van der Waals surface area contributed by atoms with Crippen molar-refractivity contribution < 1.29 is 22.3 Å². The second-order valence-corrected chi connectivity index (χ2v) is 6.61. The minimum atomic E-state index is -4.07. The summed E-state index contributed by atoms with van der Waals surface area (Å²) in [7, 11) is -4.07. The fourth-order valence-corrected chi connectivity index (χ4v) is 3.18. The molecule has 19 heavy (non-hydrogen) atoms. The first-order chi connectivity index (χ1) is 8.88. The molecule has 0 saturated heterocycles. The van der Waals surface area contributed by atoms with E-state index >= 15 is 0 Å². The number of aliphatic hydroxyl groups is 1. The average molecular weight is 291 g/mol. The number of aliphatic hydroxyl groups excluding tert-OH is 1. The molecule has 1 saturated carbocycles. The van der Waals surface area contributed by atoms with E-state index in [1.54, 1.807) is 0 Å². The van der Waals surface area contributed by atoms with Crippen LogP contribution in [0.3, 0.4) is 0 Å². The van der Waals surface area contributed by atoms with Gasteiger partial charge in [-0.2, -0.15) is 0 Å². The lowest BCUT2D eigenvalue weighted by molar-refractivity contribution is 0.249. The van der Waals surface area contributed by atoms with Gasteiger partial charge in [-0.3, -0.25) is 0 Å². The van der Waals surface area contributed by atoms with Crippen molar-refractivity contribution in [1.29, 1.82) is 0 Å². The van der Waals surface area contributed by atoms with E-state index in [4.69, 9.17) is 5.11 Å². The third-order valence-electron chi connectivity index (χ3n) is 3.42.